The second-order valence-corrected chi connectivity index (χ2v) is 19.3. The number of nitrogens with zero attached hydrogens (tertiary/aromatic N) is 6. The Kier molecular flexibility index (Phi) is 12.5. The van der Waals surface area contributed by atoms with Gasteiger partial charge in [0.1, 0.15) is 28.2 Å². The number of nitrogens with one attached hydrogen (secondary N) is 1. The maximum absolute atomic E-state index is 7.33. The quantitative estimate of drug-likeness (QED) is 0.149. The molecule has 6 bridgehead atoms. The molecule has 10 aromatic rings. The van der Waals surface area contributed by atoms with Crippen LogP contribution in [-0.4, -0.2) is 15.0 Å². The number of anilines is 1. The summed E-state index contributed by atoms with van der Waals surface area (Å²) >= 11 is 0. The summed E-state index contributed by atoms with van der Waals surface area (Å²) in [7, 11) is 8.30. The second kappa shape index (κ2) is 20.2. The van der Waals surface area contributed by atoms with E-state index in [0.717, 1.165) is 123 Å². The maximum atomic E-state index is 7.33. The molecule has 12 rings (SSSR count). The third-order valence-electron chi connectivity index (χ3n) is 14.5. The summed E-state index contributed by atoms with van der Waals surface area (Å²) in [5, 5.41) is 0. The minimum absolute atomic E-state index is 0.581. The van der Waals surface area contributed by atoms with E-state index in [1.807, 2.05) is 30.3 Å². The zero-order valence-electron chi connectivity index (χ0n) is 42.9. The largest absolute Gasteiger partial charge is 0.398 e. The summed E-state index contributed by atoms with van der Waals surface area (Å²) in [5.41, 5.74) is 29.8. The Bertz CT molecular complexity index is 4130. The highest BCUT2D eigenvalue weighted by Gasteiger charge is 2.20. The molecule has 4 aromatic carbocycles. The molecule has 0 atom stereocenters. The Balaban J connectivity index is 1.12. The fraction of sp³-hybridized carbons (Fsp3) is 0.0588. The van der Waals surface area contributed by atoms with Gasteiger partial charge in [-0.25, -0.2) is 28.2 Å². The van der Waals surface area contributed by atoms with Gasteiger partial charge in [-0.05, 0) is 138 Å². The van der Waals surface area contributed by atoms with Crippen molar-refractivity contribution >= 4 is 41.0 Å². The van der Waals surface area contributed by atoms with Crippen molar-refractivity contribution in [3.63, 3.8) is 0 Å². The predicted octanol–water partition coefficient (Wildman–Crippen LogP) is 13.0. The average molecular weight is 985 g/mol. The van der Waals surface area contributed by atoms with Crippen molar-refractivity contribution in [2.45, 2.75) is 0 Å². The number of benzene rings is 4. The third-order valence-corrected chi connectivity index (χ3v) is 14.5. The smallest absolute Gasteiger partial charge is 0.212 e. The van der Waals surface area contributed by atoms with E-state index < -0.39 is 0 Å². The minimum Gasteiger partial charge on any atom is -0.398 e. The number of hydrogen-bond donors (Lipinski definition) is 2. The number of rotatable bonds is 8. The lowest BCUT2D eigenvalue weighted by Gasteiger charge is -2.08. The van der Waals surface area contributed by atoms with Gasteiger partial charge in [0, 0.05) is 110 Å². The molecule has 8 heterocycles. The summed E-state index contributed by atoms with van der Waals surface area (Å²) in [6, 6.07) is 70.5. The van der Waals surface area contributed by atoms with Gasteiger partial charge in [0.25, 0.3) is 0 Å². The zero-order chi connectivity index (χ0) is 51.7. The zero-order valence-corrected chi connectivity index (χ0v) is 42.9. The fourth-order valence-electron chi connectivity index (χ4n) is 10.5. The van der Waals surface area contributed by atoms with Crippen molar-refractivity contribution in [1.29, 1.82) is 0 Å². The number of hydrogen-bond acceptors (Lipinski definition) is 3. The van der Waals surface area contributed by atoms with Gasteiger partial charge in [0.05, 0.1) is 22.8 Å². The first-order chi connectivity index (χ1) is 37.2. The molecule has 0 aliphatic carbocycles. The summed E-state index contributed by atoms with van der Waals surface area (Å²) in [5.74, 6) is 0. The Hall–Kier alpha value is -9.92. The van der Waals surface area contributed by atoms with Crippen LogP contribution in [0.25, 0.3) is 125 Å². The molecule has 0 saturated heterocycles. The van der Waals surface area contributed by atoms with Gasteiger partial charge in [-0.1, -0.05) is 60.7 Å². The lowest BCUT2D eigenvalue weighted by atomic mass is 10.00. The van der Waals surface area contributed by atoms with Gasteiger partial charge in [0.15, 0.2) is 24.8 Å². The van der Waals surface area contributed by atoms with Crippen molar-refractivity contribution < 1.29 is 18.3 Å². The number of fused-ring (bicyclic) bond motifs is 6. The van der Waals surface area contributed by atoms with Crippen LogP contribution < -0.4 is 24.0 Å². The van der Waals surface area contributed by atoms with Gasteiger partial charge >= 0.3 is 0 Å². The van der Waals surface area contributed by atoms with E-state index in [0.29, 0.717) is 5.69 Å². The first-order valence-electron chi connectivity index (χ1n) is 25.6. The third kappa shape index (κ3) is 9.13. The van der Waals surface area contributed by atoms with E-state index in [4.69, 9.17) is 15.7 Å². The van der Waals surface area contributed by atoms with Crippen LogP contribution in [0, 0.1) is 0 Å². The lowest BCUT2D eigenvalue weighted by Crippen LogP contribution is -2.29. The topological polar surface area (TPSA) is 83.1 Å². The van der Waals surface area contributed by atoms with Crippen LogP contribution in [0.2, 0.25) is 0 Å². The van der Waals surface area contributed by atoms with Crippen LogP contribution >= 0.6 is 0 Å². The predicted molar refractivity (Wildman–Crippen MR) is 308 cm³/mol. The van der Waals surface area contributed by atoms with Gasteiger partial charge in [-0.3, -0.25) is 0 Å². The number of nitrogen functional groups attached to an aromatic ring is 1. The van der Waals surface area contributed by atoms with E-state index in [9.17, 15) is 0 Å². The molecule has 0 saturated carbocycles. The summed E-state index contributed by atoms with van der Waals surface area (Å²) < 4.78 is 8.56. The van der Waals surface area contributed by atoms with E-state index in [1.54, 1.807) is 0 Å². The minimum atomic E-state index is 0.581. The van der Waals surface area contributed by atoms with Crippen molar-refractivity contribution in [3.05, 3.63) is 248 Å². The first-order valence-corrected chi connectivity index (χ1v) is 25.6. The molecule has 364 valence electrons. The van der Waals surface area contributed by atoms with E-state index >= 15 is 0 Å². The molecule has 2 aliphatic rings. The molecule has 0 fully saturated rings. The highest BCUT2D eigenvalue weighted by Crippen LogP contribution is 2.39. The maximum Gasteiger partial charge on any atom is 0.212 e. The van der Waals surface area contributed by atoms with Crippen LogP contribution in [-0.2, 0) is 28.2 Å². The van der Waals surface area contributed by atoms with Crippen molar-refractivity contribution in [1.82, 2.24) is 15.0 Å². The van der Waals surface area contributed by atoms with E-state index in [-0.39, 0.29) is 0 Å². The van der Waals surface area contributed by atoms with Crippen molar-refractivity contribution in [3.8, 4) is 89.5 Å². The molecular weight excluding hydrogens is 929 g/mol. The van der Waals surface area contributed by atoms with Gasteiger partial charge in [-0.15, -0.1) is 0 Å². The molecular formula is C68H56N8+4. The molecule has 76 heavy (non-hydrogen) atoms. The SMILES string of the molecule is C[n+]1ccccc1-c1ccc(-c2cccc(N)c(-c3ccc(-c4cccc[n+]4C)cc3)c3nc(c(-c4ccc(-c5cccc[n+]5C)cc4)c4ccc([nH]4)c(-c4ccc(-c5cccc[n+]5C)cc4)c4nc2C=C4)C=C3)cc1. The number of aromatic amines is 1. The number of pyridine rings is 4. The van der Waals surface area contributed by atoms with Crippen LogP contribution in [0.4, 0.5) is 5.69 Å². The Labute approximate surface area is 443 Å². The molecule has 6 aromatic heterocycles. The van der Waals surface area contributed by atoms with Crippen LogP contribution in [0.5, 0.6) is 0 Å². The van der Waals surface area contributed by atoms with E-state index in [1.165, 1.54) is 0 Å². The molecule has 8 heteroatoms. The fourth-order valence-corrected chi connectivity index (χ4v) is 10.5. The summed E-state index contributed by atoms with van der Waals surface area (Å²) in [6.45, 7) is 0. The highest BCUT2D eigenvalue weighted by molar-refractivity contribution is 5.97. The molecule has 3 N–H and O–H groups in total. The molecule has 0 spiro atoms. The van der Waals surface area contributed by atoms with Crippen LogP contribution in [0.15, 0.2) is 225 Å². The van der Waals surface area contributed by atoms with E-state index in [2.05, 4.69) is 270 Å². The highest BCUT2D eigenvalue weighted by atomic mass is 14.9. The Morgan fingerprint density at radius 3 is 1.00 bits per heavy atom. The monoisotopic (exact) mass is 984 g/mol. The van der Waals surface area contributed by atoms with Crippen molar-refractivity contribution in [2.75, 3.05) is 5.73 Å². The number of aryl methyl sites for hydroxylation is 4. The number of nitrogens with two attached hydrogens (primary N) is 1. The number of H-pyrrole nitrogens is 1. The van der Waals surface area contributed by atoms with Gasteiger partial charge in [0.2, 0.25) is 22.8 Å². The van der Waals surface area contributed by atoms with Gasteiger partial charge in [-0.2, -0.15) is 0 Å². The average Bonchev–Trinajstić information content (AvgIpc) is 4.25. The second-order valence-electron chi connectivity index (χ2n) is 19.3. The molecule has 2 aliphatic heterocycles. The van der Waals surface area contributed by atoms with Crippen LogP contribution in [0.1, 0.15) is 22.8 Å². The first kappa shape index (κ1) is 47.1. The van der Waals surface area contributed by atoms with Crippen molar-refractivity contribution in [2.24, 2.45) is 28.2 Å². The van der Waals surface area contributed by atoms with Crippen LogP contribution in [0.3, 0.4) is 0 Å². The standard InChI is InChI=1S/C68H55N8/c1-73-42-9-5-16-62(73)47-22-20-46(21-23-47)54-14-13-15-55(69)66(51-30-24-48(25-31-51)63-17-6-10-43-74(63)2)57-38-39-59(71-57)68(53-34-28-50(29-35-53)65-19-8-12-45-76(65)4)61-41-40-60(72-61)67(58-37-36-56(54)70-58)52-32-26-49(27-33-52)64-18-7-11-44-75(64)3/h5-45H,1-4H3,(H2,69,70,71,72)/q+3/p+1. The lowest BCUT2D eigenvalue weighted by molar-refractivity contribution is -0.660. The summed E-state index contributed by atoms with van der Waals surface area (Å²) in [4.78, 5) is 15.0. The normalized spacial score (nSPS) is 11.6. The Morgan fingerprint density at radius 1 is 0.303 bits per heavy atom. The number of aromatic nitrogens is 7. The molecule has 0 amide bonds. The molecule has 0 unspecified atom stereocenters. The van der Waals surface area contributed by atoms with Gasteiger partial charge < -0.3 is 10.7 Å². The molecule has 8 nitrogen and oxygen atoms in total. The Morgan fingerprint density at radius 2 is 0.618 bits per heavy atom. The summed E-state index contributed by atoms with van der Waals surface area (Å²) in [6.07, 6.45) is 16.8. The molecule has 0 radical (unpaired) electrons.